The zero-order valence-corrected chi connectivity index (χ0v) is 17.6. The Hall–Kier alpha value is -1.64. The van der Waals surface area contributed by atoms with E-state index in [0.29, 0.717) is 32.0 Å². The Bertz CT molecular complexity index is 781. The van der Waals surface area contributed by atoms with Crippen molar-refractivity contribution in [2.24, 2.45) is 5.92 Å². The summed E-state index contributed by atoms with van der Waals surface area (Å²) in [6, 6.07) is 5.07. The summed E-state index contributed by atoms with van der Waals surface area (Å²) in [5.74, 6) is 0.0101. The second-order valence-electron chi connectivity index (χ2n) is 7.34. The number of carbonyl (C=O) groups is 1. The van der Waals surface area contributed by atoms with E-state index in [1.165, 1.54) is 4.31 Å². The van der Waals surface area contributed by atoms with Crippen LogP contribution < -0.4 is 10.2 Å². The maximum Gasteiger partial charge on any atom is 0.243 e. The van der Waals surface area contributed by atoms with Gasteiger partial charge >= 0.3 is 0 Å². The Morgan fingerprint density at radius 2 is 1.82 bits per heavy atom. The predicted octanol–water partition coefficient (Wildman–Crippen LogP) is 2.68. The van der Waals surface area contributed by atoms with Gasteiger partial charge in [-0.2, -0.15) is 4.31 Å². The van der Waals surface area contributed by atoms with Crippen molar-refractivity contribution in [3.63, 3.8) is 0 Å². The standard InChI is InChI=1S/C20H31N3O4S/c1-3-22(4-2)19-10-9-17(28(25,26)23-11-13-27-14-12-23)15-18(19)21-20(24)16-7-5-6-8-16/h9-10,15-16H,3-8,11-14H2,1-2H3,(H,21,24). The molecule has 1 amide bonds. The van der Waals surface area contributed by atoms with E-state index in [1.807, 2.05) is 19.9 Å². The molecule has 1 heterocycles. The molecule has 2 aliphatic rings. The molecule has 1 aromatic carbocycles. The third-order valence-corrected chi connectivity index (χ3v) is 7.56. The maximum atomic E-state index is 13.0. The normalized spacial score (nSPS) is 18.9. The average Bonchev–Trinajstić information content (AvgIpc) is 3.25. The highest BCUT2D eigenvalue weighted by Crippen LogP contribution is 2.32. The molecule has 1 aliphatic heterocycles. The summed E-state index contributed by atoms with van der Waals surface area (Å²) < 4.78 is 32.8. The first-order valence-electron chi connectivity index (χ1n) is 10.2. The minimum absolute atomic E-state index is 0.00757. The fraction of sp³-hybridized carbons (Fsp3) is 0.650. The first-order valence-corrected chi connectivity index (χ1v) is 11.7. The zero-order valence-electron chi connectivity index (χ0n) is 16.8. The van der Waals surface area contributed by atoms with E-state index in [-0.39, 0.29) is 16.7 Å². The van der Waals surface area contributed by atoms with Crippen LogP contribution in [0.2, 0.25) is 0 Å². The lowest BCUT2D eigenvalue weighted by Gasteiger charge is -2.28. The van der Waals surface area contributed by atoms with Crippen LogP contribution in [-0.4, -0.2) is 58.0 Å². The van der Waals surface area contributed by atoms with Crippen LogP contribution >= 0.6 is 0 Å². The number of ether oxygens (including phenoxy) is 1. The molecule has 1 aliphatic carbocycles. The van der Waals surface area contributed by atoms with Gasteiger partial charge in [-0.15, -0.1) is 0 Å². The van der Waals surface area contributed by atoms with Crippen LogP contribution in [0.3, 0.4) is 0 Å². The molecule has 2 fully saturated rings. The number of hydrogen-bond donors (Lipinski definition) is 1. The molecule has 0 atom stereocenters. The molecule has 3 rings (SSSR count). The van der Waals surface area contributed by atoms with Gasteiger partial charge in [0.05, 0.1) is 29.5 Å². The highest BCUT2D eigenvalue weighted by atomic mass is 32.2. The number of amides is 1. The second kappa shape index (κ2) is 9.24. The summed E-state index contributed by atoms with van der Waals surface area (Å²) in [6.07, 6.45) is 3.95. The quantitative estimate of drug-likeness (QED) is 0.749. The lowest BCUT2D eigenvalue weighted by molar-refractivity contribution is -0.119. The Morgan fingerprint density at radius 3 is 2.43 bits per heavy atom. The average molecular weight is 410 g/mol. The maximum absolute atomic E-state index is 13.0. The molecule has 0 unspecified atom stereocenters. The van der Waals surface area contributed by atoms with E-state index in [0.717, 1.165) is 44.5 Å². The number of nitrogens with zero attached hydrogens (tertiary/aromatic N) is 2. The predicted molar refractivity (Wildman–Crippen MR) is 110 cm³/mol. The SMILES string of the molecule is CCN(CC)c1ccc(S(=O)(=O)N2CCOCC2)cc1NC(=O)C1CCCC1. The Balaban J connectivity index is 1.93. The Labute approximate surface area is 168 Å². The zero-order chi connectivity index (χ0) is 20.1. The topological polar surface area (TPSA) is 79.0 Å². The van der Waals surface area contributed by atoms with Crippen molar-refractivity contribution in [1.29, 1.82) is 0 Å². The van der Waals surface area contributed by atoms with Gasteiger partial charge in [0, 0.05) is 32.1 Å². The van der Waals surface area contributed by atoms with Gasteiger partial charge in [-0.25, -0.2) is 8.42 Å². The van der Waals surface area contributed by atoms with Gasteiger partial charge in [-0.3, -0.25) is 4.79 Å². The molecule has 1 aromatic rings. The number of anilines is 2. The minimum Gasteiger partial charge on any atom is -0.379 e. The lowest BCUT2D eigenvalue weighted by atomic mass is 10.1. The van der Waals surface area contributed by atoms with E-state index in [4.69, 9.17) is 4.74 Å². The van der Waals surface area contributed by atoms with E-state index in [2.05, 4.69) is 10.2 Å². The third kappa shape index (κ3) is 4.50. The number of sulfonamides is 1. The monoisotopic (exact) mass is 409 g/mol. The van der Waals surface area contributed by atoms with E-state index >= 15 is 0 Å². The fourth-order valence-electron chi connectivity index (χ4n) is 3.97. The first-order chi connectivity index (χ1) is 13.5. The second-order valence-corrected chi connectivity index (χ2v) is 9.28. The highest BCUT2D eigenvalue weighted by molar-refractivity contribution is 7.89. The van der Waals surface area contributed by atoms with Gasteiger partial charge in [0.2, 0.25) is 15.9 Å². The van der Waals surface area contributed by atoms with Gasteiger partial charge in [-0.05, 0) is 44.9 Å². The summed E-state index contributed by atoms with van der Waals surface area (Å²) in [7, 11) is -3.61. The molecule has 1 saturated heterocycles. The van der Waals surface area contributed by atoms with Crippen molar-refractivity contribution < 1.29 is 17.9 Å². The van der Waals surface area contributed by atoms with Crippen LogP contribution in [0.15, 0.2) is 23.1 Å². The van der Waals surface area contributed by atoms with Crippen LogP contribution in [0.4, 0.5) is 11.4 Å². The molecule has 0 radical (unpaired) electrons. The van der Waals surface area contributed by atoms with Gasteiger partial charge < -0.3 is 15.0 Å². The van der Waals surface area contributed by atoms with Gasteiger partial charge in [-0.1, -0.05) is 12.8 Å². The van der Waals surface area contributed by atoms with Crippen molar-refractivity contribution in [2.45, 2.75) is 44.4 Å². The molecule has 156 valence electrons. The van der Waals surface area contributed by atoms with Crippen molar-refractivity contribution in [2.75, 3.05) is 49.6 Å². The van der Waals surface area contributed by atoms with Crippen LogP contribution in [0, 0.1) is 5.92 Å². The van der Waals surface area contributed by atoms with Crippen molar-refractivity contribution in [3.8, 4) is 0 Å². The Kier molecular flexibility index (Phi) is 6.95. The van der Waals surface area contributed by atoms with Crippen molar-refractivity contribution in [3.05, 3.63) is 18.2 Å². The summed E-state index contributed by atoms with van der Waals surface area (Å²) in [5, 5.41) is 3.03. The smallest absolute Gasteiger partial charge is 0.243 e. The van der Waals surface area contributed by atoms with Crippen molar-refractivity contribution >= 4 is 27.3 Å². The molecule has 0 bridgehead atoms. The molecule has 0 aromatic heterocycles. The summed E-state index contributed by atoms with van der Waals surface area (Å²) >= 11 is 0. The van der Waals surface area contributed by atoms with Crippen LogP contribution in [0.25, 0.3) is 0 Å². The Morgan fingerprint density at radius 1 is 1.18 bits per heavy atom. The lowest BCUT2D eigenvalue weighted by Crippen LogP contribution is -2.40. The number of hydrogen-bond acceptors (Lipinski definition) is 5. The van der Waals surface area contributed by atoms with Gasteiger partial charge in [0.25, 0.3) is 0 Å². The van der Waals surface area contributed by atoms with E-state index in [1.54, 1.807) is 12.1 Å². The number of rotatable bonds is 7. The van der Waals surface area contributed by atoms with Crippen LogP contribution in [0.5, 0.6) is 0 Å². The number of morpholine rings is 1. The molecule has 1 N–H and O–H groups in total. The summed E-state index contributed by atoms with van der Waals surface area (Å²) in [5.41, 5.74) is 1.44. The van der Waals surface area contributed by atoms with Crippen LogP contribution in [-0.2, 0) is 19.6 Å². The minimum atomic E-state index is -3.61. The van der Waals surface area contributed by atoms with Gasteiger partial charge in [0.15, 0.2) is 0 Å². The van der Waals surface area contributed by atoms with E-state index in [9.17, 15) is 13.2 Å². The molecule has 1 saturated carbocycles. The number of nitrogens with one attached hydrogen (secondary N) is 1. The summed E-state index contributed by atoms with van der Waals surface area (Å²) in [6.45, 7) is 7.16. The number of carbonyl (C=O) groups excluding carboxylic acids is 1. The molecular weight excluding hydrogens is 378 g/mol. The molecular formula is C20H31N3O4S. The van der Waals surface area contributed by atoms with Gasteiger partial charge in [0.1, 0.15) is 0 Å². The molecule has 8 heteroatoms. The molecule has 28 heavy (non-hydrogen) atoms. The highest BCUT2D eigenvalue weighted by Gasteiger charge is 2.28. The molecule has 0 spiro atoms. The number of benzene rings is 1. The molecule has 7 nitrogen and oxygen atoms in total. The largest absolute Gasteiger partial charge is 0.379 e. The van der Waals surface area contributed by atoms with E-state index < -0.39 is 10.0 Å². The van der Waals surface area contributed by atoms with Crippen molar-refractivity contribution in [1.82, 2.24) is 4.31 Å². The fourth-order valence-corrected chi connectivity index (χ4v) is 5.41. The first kappa shape index (κ1) is 21.1. The summed E-state index contributed by atoms with van der Waals surface area (Å²) in [4.78, 5) is 15.1. The van der Waals surface area contributed by atoms with Crippen LogP contribution in [0.1, 0.15) is 39.5 Å². The third-order valence-electron chi connectivity index (χ3n) is 5.66.